The van der Waals surface area contributed by atoms with E-state index >= 15 is 0 Å². The Labute approximate surface area is 124 Å². The van der Waals surface area contributed by atoms with Crippen LogP contribution in [-0.2, 0) is 6.54 Å². The van der Waals surface area contributed by atoms with Crippen molar-refractivity contribution in [1.82, 2.24) is 5.32 Å². The molecule has 0 unspecified atom stereocenters. The molecule has 106 valence electrons. The third-order valence-electron chi connectivity index (χ3n) is 3.14. The average molecular weight is 289 g/mol. The second-order valence-corrected chi connectivity index (χ2v) is 5.99. The molecule has 0 spiro atoms. The zero-order valence-corrected chi connectivity index (χ0v) is 13.0. The summed E-state index contributed by atoms with van der Waals surface area (Å²) >= 11 is 1.70. The van der Waals surface area contributed by atoms with Crippen LogP contribution in [-0.4, -0.2) is 6.54 Å². The molecule has 3 heteroatoms. The third-order valence-corrected chi connectivity index (χ3v) is 4.43. The number of hydrogen-bond donors (Lipinski definition) is 1. The van der Waals surface area contributed by atoms with Gasteiger partial charge in [0.1, 0.15) is 5.82 Å². The zero-order valence-electron chi connectivity index (χ0n) is 12.2. The van der Waals surface area contributed by atoms with Crippen molar-refractivity contribution in [1.29, 1.82) is 0 Å². The molecule has 20 heavy (non-hydrogen) atoms. The first-order chi connectivity index (χ1) is 9.60. The van der Waals surface area contributed by atoms with Crippen molar-refractivity contribution < 1.29 is 4.39 Å². The summed E-state index contributed by atoms with van der Waals surface area (Å²) in [4.78, 5) is 2.33. The number of aryl methyl sites for hydroxylation is 2. The fourth-order valence-electron chi connectivity index (χ4n) is 2.08. The normalized spacial score (nSPS) is 10.8. The summed E-state index contributed by atoms with van der Waals surface area (Å²) in [5, 5.41) is 3.26. The molecule has 0 fully saturated rings. The summed E-state index contributed by atoms with van der Waals surface area (Å²) in [6, 6.07) is 11.4. The molecule has 1 N–H and O–H groups in total. The molecule has 0 saturated carbocycles. The van der Waals surface area contributed by atoms with Gasteiger partial charge in [0.15, 0.2) is 0 Å². The Balaban J connectivity index is 2.27. The SMILES string of the molecule is CCNCc1cc(F)ccc1Sc1ccc(C)cc1C. The number of benzene rings is 2. The maximum Gasteiger partial charge on any atom is 0.123 e. The van der Waals surface area contributed by atoms with Gasteiger partial charge < -0.3 is 5.32 Å². The molecule has 2 aromatic carbocycles. The molecule has 0 amide bonds. The Hall–Kier alpha value is -1.32. The van der Waals surface area contributed by atoms with Crippen molar-refractivity contribution in [3.63, 3.8) is 0 Å². The number of nitrogens with one attached hydrogen (secondary N) is 1. The van der Waals surface area contributed by atoms with Gasteiger partial charge in [0.05, 0.1) is 0 Å². The molecule has 1 nitrogen and oxygen atoms in total. The van der Waals surface area contributed by atoms with Crippen LogP contribution in [0.2, 0.25) is 0 Å². The Kier molecular flexibility index (Phi) is 5.21. The van der Waals surface area contributed by atoms with Crippen LogP contribution in [0.1, 0.15) is 23.6 Å². The van der Waals surface area contributed by atoms with Gasteiger partial charge in [-0.2, -0.15) is 0 Å². The lowest BCUT2D eigenvalue weighted by atomic mass is 10.2. The largest absolute Gasteiger partial charge is 0.313 e. The molecule has 0 saturated heterocycles. The van der Waals surface area contributed by atoms with Crippen LogP contribution in [0.25, 0.3) is 0 Å². The highest BCUT2D eigenvalue weighted by Gasteiger charge is 2.08. The second kappa shape index (κ2) is 6.91. The number of halogens is 1. The fourth-order valence-corrected chi connectivity index (χ4v) is 3.07. The third kappa shape index (κ3) is 3.84. The summed E-state index contributed by atoms with van der Waals surface area (Å²) in [5.74, 6) is -0.178. The molecule has 0 atom stereocenters. The topological polar surface area (TPSA) is 12.0 Å². The Morgan fingerprint density at radius 3 is 2.50 bits per heavy atom. The van der Waals surface area contributed by atoms with Crippen molar-refractivity contribution in [2.75, 3.05) is 6.54 Å². The van der Waals surface area contributed by atoms with E-state index in [1.54, 1.807) is 17.8 Å². The highest BCUT2D eigenvalue weighted by atomic mass is 32.2. The summed E-state index contributed by atoms with van der Waals surface area (Å²) in [6.07, 6.45) is 0. The van der Waals surface area contributed by atoms with E-state index in [4.69, 9.17) is 0 Å². The molecule has 0 aliphatic heterocycles. The predicted molar refractivity (Wildman–Crippen MR) is 83.8 cm³/mol. The molecule has 0 bridgehead atoms. The number of rotatable bonds is 5. The lowest BCUT2D eigenvalue weighted by Gasteiger charge is -2.12. The van der Waals surface area contributed by atoms with Gasteiger partial charge in [-0.25, -0.2) is 4.39 Å². The zero-order chi connectivity index (χ0) is 14.5. The lowest BCUT2D eigenvalue weighted by Crippen LogP contribution is -2.12. The summed E-state index contributed by atoms with van der Waals surface area (Å²) in [6.45, 7) is 7.83. The maximum absolute atomic E-state index is 13.4. The first-order valence-corrected chi connectivity index (χ1v) is 7.66. The predicted octanol–water partition coefficient (Wildman–Crippen LogP) is 4.70. The van der Waals surface area contributed by atoms with Crippen LogP contribution in [0.4, 0.5) is 4.39 Å². The molecule has 0 aliphatic rings. The van der Waals surface area contributed by atoms with Gasteiger partial charge in [0, 0.05) is 16.3 Å². The average Bonchev–Trinajstić information content (AvgIpc) is 2.41. The molecule has 0 heterocycles. The minimum absolute atomic E-state index is 0.178. The van der Waals surface area contributed by atoms with Gasteiger partial charge in [-0.15, -0.1) is 0 Å². The highest BCUT2D eigenvalue weighted by molar-refractivity contribution is 7.99. The van der Waals surface area contributed by atoms with Crippen molar-refractivity contribution >= 4 is 11.8 Å². The monoisotopic (exact) mass is 289 g/mol. The first-order valence-electron chi connectivity index (χ1n) is 6.84. The summed E-state index contributed by atoms with van der Waals surface area (Å²) in [5.41, 5.74) is 3.53. The van der Waals surface area contributed by atoms with Crippen LogP contribution in [0, 0.1) is 19.7 Å². The van der Waals surface area contributed by atoms with Crippen molar-refractivity contribution in [2.24, 2.45) is 0 Å². The first kappa shape index (κ1) is 15.1. The Morgan fingerprint density at radius 2 is 1.80 bits per heavy atom. The Bertz CT molecular complexity index is 596. The minimum atomic E-state index is -0.178. The summed E-state index contributed by atoms with van der Waals surface area (Å²) < 4.78 is 13.4. The van der Waals surface area contributed by atoms with Crippen molar-refractivity contribution in [2.45, 2.75) is 37.1 Å². The van der Waals surface area contributed by atoms with E-state index in [2.05, 4.69) is 44.3 Å². The lowest BCUT2D eigenvalue weighted by molar-refractivity contribution is 0.619. The van der Waals surface area contributed by atoms with E-state index in [9.17, 15) is 4.39 Å². The second-order valence-electron chi connectivity index (χ2n) is 4.90. The highest BCUT2D eigenvalue weighted by Crippen LogP contribution is 2.33. The maximum atomic E-state index is 13.4. The molecule has 2 rings (SSSR count). The molecular weight excluding hydrogens is 269 g/mol. The van der Waals surface area contributed by atoms with Crippen LogP contribution in [0.3, 0.4) is 0 Å². The molecule has 2 aromatic rings. The minimum Gasteiger partial charge on any atom is -0.313 e. The quantitative estimate of drug-likeness (QED) is 0.856. The van der Waals surface area contributed by atoms with Crippen LogP contribution in [0.15, 0.2) is 46.2 Å². The van der Waals surface area contributed by atoms with Gasteiger partial charge in [-0.05, 0) is 55.8 Å². The summed E-state index contributed by atoms with van der Waals surface area (Å²) in [7, 11) is 0. The smallest absolute Gasteiger partial charge is 0.123 e. The van der Waals surface area contributed by atoms with Crippen LogP contribution in [0.5, 0.6) is 0 Å². The van der Waals surface area contributed by atoms with E-state index in [1.165, 1.54) is 22.1 Å². The molecule has 0 aliphatic carbocycles. The molecule has 0 aromatic heterocycles. The number of hydrogen-bond acceptors (Lipinski definition) is 2. The van der Waals surface area contributed by atoms with Gasteiger partial charge in [0.25, 0.3) is 0 Å². The Morgan fingerprint density at radius 1 is 1.05 bits per heavy atom. The van der Waals surface area contributed by atoms with Gasteiger partial charge >= 0.3 is 0 Å². The van der Waals surface area contributed by atoms with E-state index in [-0.39, 0.29) is 5.82 Å². The molecule has 0 radical (unpaired) electrons. The van der Waals surface area contributed by atoms with E-state index < -0.39 is 0 Å². The van der Waals surface area contributed by atoms with Gasteiger partial charge in [0.2, 0.25) is 0 Å². The van der Waals surface area contributed by atoms with Crippen molar-refractivity contribution in [3.8, 4) is 0 Å². The fraction of sp³-hybridized carbons (Fsp3) is 0.294. The van der Waals surface area contributed by atoms with Gasteiger partial charge in [-0.1, -0.05) is 36.4 Å². The van der Waals surface area contributed by atoms with Crippen LogP contribution < -0.4 is 5.32 Å². The van der Waals surface area contributed by atoms with E-state index in [1.807, 2.05) is 6.07 Å². The van der Waals surface area contributed by atoms with E-state index in [0.29, 0.717) is 6.54 Å². The van der Waals surface area contributed by atoms with E-state index in [0.717, 1.165) is 17.0 Å². The molecular formula is C17H20FNS. The van der Waals surface area contributed by atoms with Crippen LogP contribution >= 0.6 is 11.8 Å². The standard InChI is InChI=1S/C17H20FNS/c1-4-19-11-14-10-15(18)6-8-17(14)20-16-7-5-12(2)9-13(16)3/h5-10,19H,4,11H2,1-3H3. The van der Waals surface area contributed by atoms with Gasteiger partial charge in [-0.3, -0.25) is 0 Å². The van der Waals surface area contributed by atoms with Crippen molar-refractivity contribution in [3.05, 3.63) is 58.9 Å².